The predicted octanol–water partition coefficient (Wildman–Crippen LogP) is 2.47. The third-order valence-corrected chi connectivity index (χ3v) is 3.62. The van der Waals surface area contributed by atoms with Crippen LogP contribution in [-0.2, 0) is 11.8 Å². The maximum absolute atomic E-state index is 6.28. The Kier molecular flexibility index (Phi) is 3.73. The van der Waals surface area contributed by atoms with Crippen molar-refractivity contribution in [1.82, 2.24) is 14.6 Å². The van der Waals surface area contributed by atoms with E-state index in [1.165, 1.54) is 17.1 Å². The minimum absolute atomic E-state index is 0.0157. The molecule has 0 spiro atoms. The van der Waals surface area contributed by atoms with Crippen LogP contribution in [0.1, 0.15) is 42.9 Å². The van der Waals surface area contributed by atoms with Crippen LogP contribution in [0.25, 0.3) is 0 Å². The molecule has 0 bridgehead atoms. The molecule has 18 heavy (non-hydrogen) atoms. The Hall–Kier alpha value is -1.33. The van der Waals surface area contributed by atoms with Gasteiger partial charge < -0.3 is 5.73 Å². The summed E-state index contributed by atoms with van der Waals surface area (Å²) in [5.74, 6) is 0. The Morgan fingerprint density at radius 3 is 2.56 bits per heavy atom. The first-order chi connectivity index (χ1) is 8.48. The quantitative estimate of drug-likeness (QED) is 0.923. The van der Waals surface area contributed by atoms with E-state index in [0.717, 1.165) is 17.0 Å². The number of pyridine rings is 1. The molecule has 96 valence electrons. The Morgan fingerprint density at radius 2 is 1.94 bits per heavy atom. The molecule has 0 fully saturated rings. The molecule has 2 heterocycles. The number of hydrogen-bond acceptors (Lipinski definition) is 5. The second-order valence-electron chi connectivity index (χ2n) is 5.40. The molecule has 4 nitrogen and oxygen atoms in total. The summed E-state index contributed by atoms with van der Waals surface area (Å²) in [5, 5.41) is 4.23. The Labute approximate surface area is 111 Å². The minimum atomic E-state index is -0.0541. The summed E-state index contributed by atoms with van der Waals surface area (Å²) in [6.07, 6.45) is 4.37. The highest BCUT2D eigenvalue weighted by atomic mass is 32.1. The second kappa shape index (κ2) is 5.12. The van der Waals surface area contributed by atoms with Gasteiger partial charge in [0, 0.05) is 23.9 Å². The smallest absolute Gasteiger partial charge is 0.0857 e. The lowest BCUT2D eigenvalue weighted by Gasteiger charge is -2.19. The highest BCUT2D eigenvalue weighted by molar-refractivity contribution is 7.05. The highest BCUT2D eigenvalue weighted by Crippen LogP contribution is 2.30. The van der Waals surface area contributed by atoms with Crippen molar-refractivity contribution in [2.24, 2.45) is 5.73 Å². The Morgan fingerprint density at radius 1 is 1.28 bits per heavy atom. The zero-order chi connectivity index (χ0) is 13.2. The first kappa shape index (κ1) is 13.1. The normalized spacial score (nSPS) is 13.6. The van der Waals surface area contributed by atoms with Crippen LogP contribution in [-0.4, -0.2) is 14.6 Å². The van der Waals surface area contributed by atoms with Gasteiger partial charge in [-0.25, -0.2) is 0 Å². The number of rotatable bonds is 3. The molecule has 1 unspecified atom stereocenters. The second-order valence-corrected chi connectivity index (χ2v) is 6.19. The molecule has 0 amide bonds. The van der Waals surface area contributed by atoms with Gasteiger partial charge in [0.05, 0.1) is 10.6 Å². The van der Waals surface area contributed by atoms with E-state index >= 15 is 0 Å². The molecule has 0 aliphatic rings. The zero-order valence-electron chi connectivity index (χ0n) is 10.9. The predicted molar refractivity (Wildman–Crippen MR) is 73.5 cm³/mol. The number of nitrogens with zero attached hydrogens (tertiary/aromatic N) is 3. The van der Waals surface area contributed by atoms with Gasteiger partial charge in [0.25, 0.3) is 0 Å². The fourth-order valence-electron chi connectivity index (χ4n) is 1.83. The van der Waals surface area contributed by atoms with Crippen molar-refractivity contribution in [3.05, 3.63) is 40.7 Å². The molecule has 0 radical (unpaired) electrons. The van der Waals surface area contributed by atoms with Gasteiger partial charge in [0.2, 0.25) is 0 Å². The van der Waals surface area contributed by atoms with E-state index in [4.69, 9.17) is 5.73 Å². The van der Waals surface area contributed by atoms with E-state index in [1.807, 2.05) is 12.1 Å². The van der Waals surface area contributed by atoms with Crippen LogP contribution in [0, 0.1) is 0 Å². The van der Waals surface area contributed by atoms with Crippen LogP contribution in [0.4, 0.5) is 0 Å². The van der Waals surface area contributed by atoms with Gasteiger partial charge >= 0.3 is 0 Å². The lowest BCUT2D eigenvalue weighted by Crippen LogP contribution is -2.20. The molecule has 5 heteroatoms. The molecule has 2 aromatic rings. The van der Waals surface area contributed by atoms with Crippen molar-refractivity contribution in [3.8, 4) is 0 Å². The molecule has 0 aromatic carbocycles. The van der Waals surface area contributed by atoms with E-state index in [1.54, 1.807) is 12.4 Å². The van der Waals surface area contributed by atoms with E-state index in [-0.39, 0.29) is 11.5 Å². The fourth-order valence-corrected chi connectivity index (χ4v) is 2.69. The summed E-state index contributed by atoms with van der Waals surface area (Å²) in [5.41, 5.74) is 8.46. The Balaban J connectivity index is 2.20. The van der Waals surface area contributed by atoms with Gasteiger partial charge in [-0.05, 0) is 35.6 Å². The zero-order valence-corrected chi connectivity index (χ0v) is 11.7. The van der Waals surface area contributed by atoms with E-state index in [2.05, 4.69) is 35.3 Å². The van der Waals surface area contributed by atoms with E-state index in [9.17, 15) is 0 Å². The fraction of sp³-hybridized carbons (Fsp3) is 0.462. The summed E-state index contributed by atoms with van der Waals surface area (Å²) in [6, 6.07) is 3.93. The van der Waals surface area contributed by atoms with Gasteiger partial charge in [-0.2, -0.15) is 0 Å². The van der Waals surface area contributed by atoms with Crippen LogP contribution < -0.4 is 5.73 Å². The molecule has 0 aliphatic carbocycles. The maximum atomic E-state index is 6.28. The van der Waals surface area contributed by atoms with Crippen LogP contribution in [0.15, 0.2) is 24.5 Å². The van der Waals surface area contributed by atoms with Crippen molar-refractivity contribution >= 4 is 11.5 Å². The lowest BCUT2D eigenvalue weighted by atomic mass is 9.89. The number of hydrogen-bond donors (Lipinski definition) is 1. The van der Waals surface area contributed by atoms with Crippen molar-refractivity contribution in [1.29, 1.82) is 0 Å². The topological polar surface area (TPSA) is 64.7 Å². The van der Waals surface area contributed by atoms with Crippen molar-refractivity contribution in [3.63, 3.8) is 0 Å². The SMILES string of the molecule is CC(C)(C)c1nnsc1C(N)Cc1ccncc1. The molecular formula is C13H18N4S. The van der Waals surface area contributed by atoms with Gasteiger partial charge in [-0.3, -0.25) is 4.98 Å². The summed E-state index contributed by atoms with van der Waals surface area (Å²) in [4.78, 5) is 5.09. The highest BCUT2D eigenvalue weighted by Gasteiger charge is 2.25. The number of aromatic nitrogens is 3. The molecule has 0 saturated carbocycles. The molecular weight excluding hydrogens is 244 g/mol. The first-order valence-electron chi connectivity index (χ1n) is 5.95. The van der Waals surface area contributed by atoms with Crippen molar-refractivity contribution < 1.29 is 0 Å². The van der Waals surface area contributed by atoms with Crippen LogP contribution in [0.5, 0.6) is 0 Å². The monoisotopic (exact) mass is 262 g/mol. The van der Waals surface area contributed by atoms with E-state index in [0.29, 0.717) is 0 Å². The molecule has 2 N–H and O–H groups in total. The Bertz CT molecular complexity index is 501. The van der Waals surface area contributed by atoms with Gasteiger partial charge in [0.15, 0.2) is 0 Å². The third kappa shape index (κ3) is 2.91. The molecule has 0 saturated heterocycles. The van der Waals surface area contributed by atoms with Crippen LogP contribution >= 0.6 is 11.5 Å². The summed E-state index contributed by atoms with van der Waals surface area (Å²) >= 11 is 1.40. The molecule has 2 rings (SSSR count). The van der Waals surface area contributed by atoms with Crippen molar-refractivity contribution in [2.75, 3.05) is 0 Å². The molecule has 0 aliphatic heterocycles. The van der Waals surface area contributed by atoms with Gasteiger partial charge in [-0.1, -0.05) is 25.3 Å². The average molecular weight is 262 g/mol. The lowest BCUT2D eigenvalue weighted by molar-refractivity contribution is 0.550. The minimum Gasteiger partial charge on any atom is -0.323 e. The van der Waals surface area contributed by atoms with Crippen molar-refractivity contribution in [2.45, 2.75) is 38.6 Å². The van der Waals surface area contributed by atoms with Crippen LogP contribution in [0.2, 0.25) is 0 Å². The summed E-state index contributed by atoms with van der Waals surface area (Å²) in [6.45, 7) is 6.39. The maximum Gasteiger partial charge on any atom is 0.0857 e. The summed E-state index contributed by atoms with van der Waals surface area (Å²) < 4.78 is 4.05. The van der Waals surface area contributed by atoms with Gasteiger partial charge in [0.1, 0.15) is 0 Å². The van der Waals surface area contributed by atoms with E-state index < -0.39 is 0 Å². The standard InChI is InChI=1S/C13H18N4S/c1-13(2,3)12-11(18-17-16-12)10(14)8-9-4-6-15-7-5-9/h4-7,10H,8,14H2,1-3H3. The third-order valence-electron chi connectivity index (χ3n) is 2.77. The molecule has 2 aromatic heterocycles. The van der Waals surface area contributed by atoms with Crippen LogP contribution in [0.3, 0.4) is 0 Å². The average Bonchev–Trinajstić information content (AvgIpc) is 2.79. The first-order valence-corrected chi connectivity index (χ1v) is 6.73. The largest absolute Gasteiger partial charge is 0.323 e. The van der Waals surface area contributed by atoms with Gasteiger partial charge in [-0.15, -0.1) is 5.10 Å². The summed E-state index contributed by atoms with van der Waals surface area (Å²) in [7, 11) is 0. The molecule has 1 atom stereocenters. The number of nitrogens with two attached hydrogens (primary N) is 1.